The normalized spacial score (nSPS) is 20.5. The van der Waals surface area contributed by atoms with Gasteiger partial charge in [0.05, 0.1) is 35.5 Å². The Bertz CT molecular complexity index is 1280. The number of piperidine rings is 1. The van der Waals surface area contributed by atoms with E-state index in [0.717, 1.165) is 10.5 Å². The van der Waals surface area contributed by atoms with Gasteiger partial charge in [-0.25, -0.2) is 8.78 Å². The number of likely N-dealkylation sites (tertiary alicyclic amines) is 1. The summed E-state index contributed by atoms with van der Waals surface area (Å²) in [7, 11) is 4.82. The SMILES string of the molecule is COc1ccccc1C1(C)CCN(C(=O)c2cn(C)c3c(C)cn(C)c(=O)c23)CC1(F)F. The van der Waals surface area contributed by atoms with E-state index < -0.39 is 23.8 Å². The van der Waals surface area contributed by atoms with Gasteiger partial charge in [-0.3, -0.25) is 9.59 Å². The lowest BCUT2D eigenvalue weighted by Crippen LogP contribution is -2.58. The summed E-state index contributed by atoms with van der Waals surface area (Å²) in [6.07, 6.45) is 3.33. The molecule has 1 fully saturated rings. The van der Waals surface area contributed by atoms with Crippen LogP contribution in [-0.2, 0) is 19.5 Å². The number of aromatic nitrogens is 2. The molecule has 4 rings (SSSR count). The molecule has 0 saturated carbocycles. The molecule has 6 nitrogen and oxygen atoms in total. The van der Waals surface area contributed by atoms with E-state index in [-0.39, 0.29) is 29.5 Å². The number of rotatable bonds is 3. The lowest BCUT2D eigenvalue weighted by molar-refractivity contribution is -0.116. The summed E-state index contributed by atoms with van der Waals surface area (Å²) >= 11 is 0. The van der Waals surface area contributed by atoms with Gasteiger partial charge in [-0.15, -0.1) is 0 Å². The third-order valence-electron chi connectivity index (χ3n) is 6.77. The van der Waals surface area contributed by atoms with Crippen LogP contribution in [0.25, 0.3) is 10.9 Å². The van der Waals surface area contributed by atoms with Crippen molar-refractivity contribution < 1.29 is 18.3 Å². The maximum Gasteiger partial charge on any atom is 0.274 e. The summed E-state index contributed by atoms with van der Waals surface area (Å²) in [5.41, 5.74) is 0.243. The number of nitrogens with zero attached hydrogens (tertiary/aromatic N) is 3. The van der Waals surface area contributed by atoms with E-state index in [1.807, 2.05) is 6.92 Å². The molecule has 2 aromatic heterocycles. The molecule has 1 aliphatic heterocycles. The zero-order valence-electron chi connectivity index (χ0n) is 18.9. The van der Waals surface area contributed by atoms with Gasteiger partial charge in [0.2, 0.25) is 0 Å². The number of para-hydroxylation sites is 1. The van der Waals surface area contributed by atoms with E-state index in [4.69, 9.17) is 4.74 Å². The molecule has 3 aromatic rings. The van der Waals surface area contributed by atoms with Gasteiger partial charge in [-0.1, -0.05) is 18.2 Å². The van der Waals surface area contributed by atoms with Crippen molar-refractivity contribution in [2.45, 2.75) is 31.6 Å². The molecule has 170 valence electrons. The predicted molar refractivity (Wildman–Crippen MR) is 119 cm³/mol. The molecule has 1 amide bonds. The predicted octanol–water partition coefficient (Wildman–Crippen LogP) is 3.63. The summed E-state index contributed by atoms with van der Waals surface area (Å²) in [5.74, 6) is -3.34. The van der Waals surface area contributed by atoms with Gasteiger partial charge in [0.1, 0.15) is 5.75 Å². The van der Waals surface area contributed by atoms with E-state index in [1.165, 1.54) is 18.6 Å². The molecule has 0 aliphatic carbocycles. The van der Waals surface area contributed by atoms with Crippen LogP contribution >= 0.6 is 0 Å². The standard InChI is InChI=1S/C24H27F2N3O3/c1-15-12-28(4)22(31)19-16(13-27(3)20(15)19)21(30)29-11-10-23(2,24(25,26)14-29)17-8-6-7-9-18(17)32-5/h6-9,12-13H,10-11,14H2,1-5H3. The van der Waals surface area contributed by atoms with Crippen LogP contribution in [0.4, 0.5) is 8.78 Å². The highest BCUT2D eigenvalue weighted by Gasteiger charge is 2.56. The van der Waals surface area contributed by atoms with E-state index in [1.54, 1.807) is 55.3 Å². The number of carbonyl (C=O) groups excluding carboxylic acids is 1. The van der Waals surface area contributed by atoms with Gasteiger partial charge < -0.3 is 18.8 Å². The molecule has 0 radical (unpaired) electrons. The molecule has 32 heavy (non-hydrogen) atoms. The Hall–Kier alpha value is -3.16. The number of fused-ring (bicyclic) bond motifs is 1. The molecular formula is C24H27F2N3O3. The first-order valence-corrected chi connectivity index (χ1v) is 10.5. The third kappa shape index (κ3) is 3.12. The second-order valence-corrected chi connectivity index (χ2v) is 8.82. The van der Waals surface area contributed by atoms with Gasteiger partial charge in [-0.05, 0) is 31.9 Å². The summed E-state index contributed by atoms with van der Waals surface area (Å²) in [6, 6.07) is 6.78. The van der Waals surface area contributed by atoms with Crippen LogP contribution in [0.5, 0.6) is 5.75 Å². The number of amides is 1. The van der Waals surface area contributed by atoms with Crippen molar-refractivity contribution in [2.24, 2.45) is 14.1 Å². The molecule has 8 heteroatoms. The number of hydrogen-bond acceptors (Lipinski definition) is 3. The highest BCUT2D eigenvalue weighted by Crippen LogP contribution is 2.48. The largest absolute Gasteiger partial charge is 0.496 e. The van der Waals surface area contributed by atoms with E-state index in [2.05, 4.69) is 0 Å². The number of aryl methyl sites for hydroxylation is 3. The number of alkyl halides is 2. The van der Waals surface area contributed by atoms with Gasteiger partial charge in [0, 0.05) is 38.6 Å². The second kappa shape index (κ2) is 7.46. The van der Waals surface area contributed by atoms with E-state index in [0.29, 0.717) is 16.8 Å². The number of ether oxygens (including phenoxy) is 1. The fraction of sp³-hybridized carbons (Fsp3) is 0.417. The van der Waals surface area contributed by atoms with Gasteiger partial charge in [0.25, 0.3) is 17.4 Å². The Morgan fingerprint density at radius 3 is 2.47 bits per heavy atom. The minimum absolute atomic E-state index is 0.0634. The molecule has 1 saturated heterocycles. The maximum absolute atomic E-state index is 15.6. The molecule has 0 bridgehead atoms. The zero-order valence-corrected chi connectivity index (χ0v) is 18.9. The van der Waals surface area contributed by atoms with Crippen LogP contribution in [0.1, 0.15) is 34.8 Å². The van der Waals surface area contributed by atoms with E-state index >= 15 is 8.78 Å². The fourth-order valence-electron chi connectivity index (χ4n) is 4.88. The molecule has 3 heterocycles. The molecule has 1 aromatic carbocycles. The van der Waals surface area contributed by atoms with Crippen molar-refractivity contribution in [3.05, 3.63) is 63.7 Å². The second-order valence-electron chi connectivity index (χ2n) is 8.82. The lowest BCUT2D eigenvalue weighted by atomic mass is 9.71. The van der Waals surface area contributed by atoms with Crippen molar-refractivity contribution in [3.63, 3.8) is 0 Å². The topological polar surface area (TPSA) is 56.5 Å². The van der Waals surface area contributed by atoms with Crippen molar-refractivity contribution in [1.29, 1.82) is 0 Å². The fourth-order valence-corrected chi connectivity index (χ4v) is 4.88. The molecule has 0 spiro atoms. The first-order valence-electron chi connectivity index (χ1n) is 10.5. The quantitative estimate of drug-likeness (QED) is 0.621. The number of hydrogen-bond donors (Lipinski definition) is 0. The molecule has 0 N–H and O–H groups in total. The van der Waals surface area contributed by atoms with Crippen LogP contribution < -0.4 is 10.3 Å². The summed E-state index contributed by atoms with van der Waals surface area (Å²) in [5, 5.41) is 0.265. The Morgan fingerprint density at radius 1 is 1.12 bits per heavy atom. The Balaban J connectivity index is 1.73. The summed E-state index contributed by atoms with van der Waals surface area (Å²) in [4.78, 5) is 27.3. The molecule has 1 aliphatic rings. The molecule has 1 atom stereocenters. The number of pyridine rings is 1. The highest BCUT2D eigenvalue weighted by atomic mass is 19.3. The van der Waals surface area contributed by atoms with Crippen LogP contribution in [0, 0.1) is 6.92 Å². The zero-order chi connectivity index (χ0) is 23.4. The molecular weight excluding hydrogens is 416 g/mol. The highest BCUT2D eigenvalue weighted by molar-refractivity contribution is 6.07. The number of carbonyl (C=O) groups is 1. The number of methoxy groups -OCH3 is 1. The number of benzene rings is 1. The van der Waals surface area contributed by atoms with Crippen molar-refractivity contribution in [2.75, 3.05) is 20.2 Å². The van der Waals surface area contributed by atoms with Crippen molar-refractivity contribution >= 4 is 16.8 Å². The van der Waals surface area contributed by atoms with Crippen LogP contribution in [0.15, 0.2) is 41.5 Å². The monoisotopic (exact) mass is 443 g/mol. The average Bonchev–Trinajstić information content (AvgIpc) is 3.11. The van der Waals surface area contributed by atoms with Gasteiger partial charge in [-0.2, -0.15) is 0 Å². The van der Waals surface area contributed by atoms with Gasteiger partial charge >= 0.3 is 0 Å². The molecule has 1 unspecified atom stereocenters. The van der Waals surface area contributed by atoms with Crippen molar-refractivity contribution in [3.8, 4) is 5.75 Å². The maximum atomic E-state index is 15.6. The van der Waals surface area contributed by atoms with Crippen molar-refractivity contribution in [1.82, 2.24) is 14.0 Å². The lowest BCUT2D eigenvalue weighted by Gasteiger charge is -2.46. The summed E-state index contributed by atoms with van der Waals surface area (Å²) < 4.78 is 39.6. The van der Waals surface area contributed by atoms with Crippen LogP contribution in [0.3, 0.4) is 0 Å². The van der Waals surface area contributed by atoms with Crippen LogP contribution in [0.2, 0.25) is 0 Å². The Morgan fingerprint density at radius 2 is 1.81 bits per heavy atom. The van der Waals surface area contributed by atoms with E-state index in [9.17, 15) is 9.59 Å². The Labute approximate surface area is 185 Å². The first-order chi connectivity index (χ1) is 15.0. The smallest absolute Gasteiger partial charge is 0.274 e. The average molecular weight is 443 g/mol. The summed E-state index contributed by atoms with van der Waals surface area (Å²) in [6.45, 7) is 2.78. The van der Waals surface area contributed by atoms with Gasteiger partial charge in [0.15, 0.2) is 0 Å². The van der Waals surface area contributed by atoms with Crippen LogP contribution in [-0.4, -0.2) is 46.1 Å². The minimum Gasteiger partial charge on any atom is -0.496 e. The Kier molecular flexibility index (Phi) is 5.14. The number of halogens is 2. The minimum atomic E-state index is -3.19. The third-order valence-corrected chi connectivity index (χ3v) is 6.77. The first kappa shape index (κ1) is 22.0.